The molecule has 4 nitrogen and oxygen atoms in total. The molecule has 2 amide bonds. The van der Waals surface area contributed by atoms with Crippen molar-refractivity contribution in [2.24, 2.45) is 17.8 Å². The predicted octanol–water partition coefficient (Wildman–Crippen LogP) is 1.67. The van der Waals surface area contributed by atoms with Crippen molar-refractivity contribution in [2.45, 2.75) is 26.7 Å². The molecule has 112 valence electrons. The Balaban J connectivity index is 2.04. The second kappa shape index (κ2) is 5.32. The summed E-state index contributed by atoms with van der Waals surface area (Å²) in [6.07, 6.45) is 3.79. The number of amides is 2. The Morgan fingerprint density at radius 2 is 1.90 bits per heavy atom. The molecule has 2 aliphatic rings. The molecule has 0 saturated carbocycles. The lowest BCUT2D eigenvalue weighted by Gasteiger charge is -2.25. The van der Waals surface area contributed by atoms with E-state index in [-0.39, 0.29) is 29.6 Å². The zero-order valence-corrected chi connectivity index (χ0v) is 13.3. The summed E-state index contributed by atoms with van der Waals surface area (Å²) in [5.41, 5.74) is 1.24. The molecule has 0 bridgehead atoms. The number of carbonyl (C=O) groups excluding carboxylic acids is 2. The number of nitrogens with zero attached hydrogens (tertiary/aromatic N) is 2. The van der Waals surface area contributed by atoms with Crippen molar-refractivity contribution in [3.8, 4) is 0 Å². The summed E-state index contributed by atoms with van der Waals surface area (Å²) in [7, 11) is 6.38. The van der Waals surface area contributed by atoms with Crippen molar-refractivity contribution >= 4 is 11.8 Å². The maximum Gasteiger partial charge on any atom is 0.233 e. The second-order valence-electron chi connectivity index (χ2n) is 7.40. The molecule has 1 aliphatic carbocycles. The van der Waals surface area contributed by atoms with Gasteiger partial charge in [0.1, 0.15) is 0 Å². The molecule has 1 aliphatic heterocycles. The third kappa shape index (κ3) is 2.95. The summed E-state index contributed by atoms with van der Waals surface area (Å²) in [6.45, 7) is 5.66. The van der Waals surface area contributed by atoms with Crippen LogP contribution in [0.3, 0.4) is 0 Å². The molecule has 0 unspecified atom stereocenters. The van der Waals surface area contributed by atoms with Crippen LogP contribution in [0.2, 0.25) is 0 Å². The fourth-order valence-corrected chi connectivity index (χ4v) is 3.51. The first-order chi connectivity index (χ1) is 9.20. The van der Waals surface area contributed by atoms with Crippen LogP contribution in [0.5, 0.6) is 0 Å². The first kappa shape index (κ1) is 15.2. The number of quaternary nitrogens is 1. The number of imide groups is 1. The first-order valence-electron chi connectivity index (χ1n) is 7.53. The molecule has 20 heavy (non-hydrogen) atoms. The molecule has 1 saturated heterocycles. The summed E-state index contributed by atoms with van der Waals surface area (Å²) in [4.78, 5) is 26.5. The lowest BCUT2D eigenvalue weighted by molar-refractivity contribution is -0.870. The molecule has 4 heteroatoms. The van der Waals surface area contributed by atoms with E-state index >= 15 is 0 Å². The SMILES string of the molecule is CC1=C[C@@H](C)[C@H]2C(=O)N(CCC[N+](C)(C)C)C(=O)[C@@H]2C1. The quantitative estimate of drug-likeness (QED) is 0.446. The molecular formula is C16H27N2O2+. The maximum atomic E-state index is 12.5. The fourth-order valence-electron chi connectivity index (χ4n) is 3.51. The highest BCUT2D eigenvalue weighted by Gasteiger charge is 2.50. The van der Waals surface area contributed by atoms with Gasteiger partial charge < -0.3 is 4.48 Å². The Kier molecular flexibility index (Phi) is 4.05. The van der Waals surface area contributed by atoms with Gasteiger partial charge in [-0.05, 0) is 19.3 Å². The van der Waals surface area contributed by atoms with Gasteiger partial charge in [0.05, 0.1) is 39.5 Å². The van der Waals surface area contributed by atoms with E-state index in [1.807, 2.05) is 0 Å². The Morgan fingerprint density at radius 3 is 2.50 bits per heavy atom. The van der Waals surface area contributed by atoms with Crippen molar-refractivity contribution < 1.29 is 14.1 Å². The van der Waals surface area contributed by atoms with Gasteiger partial charge in [-0.2, -0.15) is 0 Å². The van der Waals surface area contributed by atoms with E-state index < -0.39 is 0 Å². The summed E-state index contributed by atoms with van der Waals surface area (Å²) in [5, 5.41) is 0. The highest BCUT2D eigenvalue weighted by atomic mass is 16.2. The van der Waals surface area contributed by atoms with Gasteiger partial charge in [0.25, 0.3) is 0 Å². The summed E-state index contributed by atoms with van der Waals surface area (Å²) in [5.74, 6) is 0.0777. The zero-order valence-electron chi connectivity index (χ0n) is 13.3. The molecule has 0 N–H and O–H groups in total. The van der Waals surface area contributed by atoms with Gasteiger partial charge in [-0.15, -0.1) is 0 Å². The molecule has 1 heterocycles. The van der Waals surface area contributed by atoms with Gasteiger partial charge >= 0.3 is 0 Å². The van der Waals surface area contributed by atoms with Crippen molar-refractivity contribution in [1.82, 2.24) is 4.90 Å². The van der Waals surface area contributed by atoms with Crippen molar-refractivity contribution in [2.75, 3.05) is 34.2 Å². The van der Waals surface area contributed by atoms with Gasteiger partial charge in [0.2, 0.25) is 11.8 Å². The number of hydrogen-bond acceptors (Lipinski definition) is 2. The average Bonchev–Trinajstić information content (AvgIpc) is 2.52. The molecule has 1 fully saturated rings. The van der Waals surface area contributed by atoms with Crippen molar-refractivity contribution in [3.05, 3.63) is 11.6 Å². The smallest absolute Gasteiger partial charge is 0.233 e. The number of carbonyl (C=O) groups is 2. The van der Waals surface area contributed by atoms with Gasteiger partial charge in [-0.1, -0.05) is 18.6 Å². The number of allylic oxidation sites excluding steroid dienone is 2. The van der Waals surface area contributed by atoms with Crippen LogP contribution < -0.4 is 0 Å². The zero-order chi connectivity index (χ0) is 15.1. The summed E-state index contributed by atoms with van der Waals surface area (Å²) in [6, 6.07) is 0. The van der Waals surface area contributed by atoms with Gasteiger partial charge in [0.15, 0.2) is 0 Å². The molecule has 0 aromatic carbocycles. The Hall–Kier alpha value is -1.16. The standard InChI is InChI=1S/C16H27N2O2/c1-11-9-12(2)14-13(10-11)15(19)17(16(14)20)7-6-8-18(3,4)5/h9,12-14H,6-8,10H2,1-5H3/q+1/t12-,13-,14-/m1/s1. The van der Waals surface area contributed by atoms with Crippen molar-refractivity contribution in [3.63, 3.8) is 0 Å². The highest BCUT2D eigenvalue weighted by Crippen LogP contribution is 2.40. The third-order valence-corrected chi connectivity index (χ3v) is 4.43. The number of fused-ring (bicyclic) bond motifs is 1. The molecule has 3 atom stereocenters. The van der Waals surface area contributed by atoms with Crippen LogP contribution in [-0.2, 0) is 9.59 Å². The van der Waals surface area contributed by atoms with Gasteiger partial charge in [0, 0.05) is 13.0 Å². The summed E-state index contributed by atoms with van der Waals surface area (Å²) >= 11 is 0. The molecule has 0 radical (unpaired) electrons. The third-order valence-electron chi connectivity index (χ3n) is 4.43. The Labute approximate surface area is 122 Å². The van der Waals surface area contributed by atoms with Crippen LogP contribution in [0.25, 0.3) is 0 Å². The van der Waals surface area contributed by atoms with E-state index in [2.05, 4.69) is 41.1 Å². The molecule has 0 aromatic heterocycles. The minimum absolute atomic E-state index is 0.0534. The van der Waals surface area contributed by atoms with Crippen LogP contribution in [0, 0.1) is 17.8 Å². The average molecular weight is 279 g/mol. The highest BCUT2D eigenvalue weighted by molar-refractivity contribution is 6.05. The van der Waals surface area contributed by atoms with Crippen molar-refractivity contribution in [1.29, 1.82) is 0 Å². The van der Waals surface area contributed by atoms with E-state index in [0.29, 0.717) is 6.54 Å². The normalized spacial score (nSPS) is 30.6. The van der Waals surface area contributed by atoms with E-state index in [4.69, 9.17) is 0 Å². The maximum absolute atomic E-state index is 12.5. The van der Waals surface area contributed by atoms with Crippen LogP contribution in [0.4, 0.5) is 0 Å². The lowest BCUT2D eigenvalue weighted by Crippen LogP contribution is -2.39. The molecule has 2 rings (SSSR count). The van der Waals surface area contributed by atoms with E-state index in [9.17, 15) is 9.59 Å². The van der Waals surface area contributed by atoms with Crippen LogP contribution in [0.1, 0.15) is 26.7 Å². The Bertz CT molecular complexity index is 448. The van der Waals surface area contributed by atoms with Gasteiger partial charge in [-0.25, -0.2) is 0 Å². The fraction of sp³-hybridized carbons (Fsp3) is 0.750. The predicted molar refractivity (Wildman–Crippen MR) is 78.8 cm³/mol. The minimum Gasteiger partial charge on any atom is -0.331 e. The molecule has 0 aromatic rings. The van der Waals surface area contributed by atoms with Crippen LogP contribution in [-0.4, -0.2) is 55.4 Å². The second-order valence-corrected chi connectivity index (χ2v) is 7.40. The minimum atomic E-state index is -0.115. The molecule has 0 spiro atoms. The van der Waals surface area contributed by atoms with E-state index in [1.54, 1.807) is 0 Å². The topological polar surface area (TPSA) is 37.4 Å². The number of rotatable bonds is 4. The first-order valence-corrected chi connectivity index (χ1v) is 7.53. The lowest BCUT2D eigenvalue weighted by atomic mass is 9.76. The van der Waals surface area contributed by atoms with E-state index in [0.717, 1.165) is 23.9 Å². The summed E-state index contributed by atoms with van der Waals surface area (Å²) < 4.78 is 0.861. The van der Waals surface area contributed by atoms with Gasteiger partial charge in [-0.3, -0.25) is 14.5 Å². The number of hydrogen-bond donors (Lipinski definition) is 0. The van der Waals surface area contributed by atoms with E-state index in [1.165, 1.54) is 10.5 Å². The molecular weight excluding hydrogens is 252 g/mol. The Morgan fingerprint density at radius 1 is 1.25 bits per heavy atom. The van der Waals surface area contributed by atoms with Crippen LogP contribution in [0.15, 0.2) is 11.6 Å². The monoisotopic (exact) mass is 279 g/mol. The number of likely N-dealkylation sites (tertiary alicyclic amines) is 1. The van der Waals surface area contributed by atoms with Crippen LogP contribution >= 0.6 is 0 Å². The largest absolute Gasteiger partial charge is 0.331 e.